The predicted octanol–water partition coefficient (Wildman–Crippen LogP) is 2.27. The summed E-state index contributed by atoms with van der Waals surface area (Å²) in [5.74, 6) is -0.646. The average molecular weight is 346 g/mol. The van der Waals surface area contributed by atoms with Gasteiger partial charge in [0.1, 0.15) is 0 Å². The van der Waals surface area contributed by atoms with Crippen LogP contribution in [0.2, 0.25) is 0 Å². The Kier molecular flexibility index (Phi) is 6.98. The summed E-state index contributed by atoms with van der Waals surface area (Å²) in [6, 6.07) is 7.02. The first kappa shape index (κ1) is 19.0. The van der Waals surface area contributed by atoms with Gasteiger partial charge in [0.2, 0.25) is 5.91 Å². The number of hydrogen-bond donors (Lipinski definition) is 1. The summed E-state index contributed by atoms with van der Waals surface area (Å²) in [6.07, 6.45) is 3.39. The number of esters is 1. The summed E-state index contributed by atoms with van der Waals surface area (Å²) in [5, 5.41) is 2.79. The van der Waals surface area contributed by atoms with Crippen LogP contribution in [0.25, 0.3) is 0 Å². The van der Waals surface area contributed by atoms with Gasteiger partial charge in [-0.1, -0.05) is 25.5 Å². The molecule has 1 aromatic carbocycles. The van der Waals surface area contributed by atoms with Crippen molar-refractivity contribution in [2.75, 3.05) is 13.2 Å². The van der Waals surface area contributed by atoms with Gasteiger partial charge < -0.3 is 15.0 Å². The van der Waals surface area contributed by atoms with Crippen molar-refractivity contribution in [1.82, 2.24) is 10.2 Å². The molecular formula is C19H26N2O4. The Morgan fingerprint density at radius 1 is 1.28 bits per heavy atom. The molecule has 6 nitrogen and oxygen atoms in total. The first-order chi connectivity index (χ1) is 12.0. The number of rotatable bonds is 8. The summed E-state index contributed by atoms with van der Waals surface area (Å²) in [7, 11) is 0. The van der Waals surface area contributed by atoms with Crippen molar-refractivity contribution in [2.24, 2.45) is 0 Å². The number of benzene rings is 1. The van der Waals surface area contributed by atoms with Gasteiger partial charge in [-0.05, 0) is 37.5 Å². The Morgan fingerprint density at radius 3 is 2.60 bits per heavy atom. The fourth-order valence-electron chi connectivity index (χ4n) is 2.87. The highest BCUT2D eigenvalue weighted by Crippen LogP contribution is 2.15. The van der Waals surface area contributed by atoms with Gasteiger partial charge in [0, 0.05) is 25.6 Å². The number of amides is 2. The van der Waals surface area contributed by atoms with Crippen molar-refractivity contribution in [2.45, 2.75) is 52.1 Å². The second-order valence-electron chi connectivity index (χ2n) is 6.45. The number of ether oxygens (including phenoxy) is 1. The fraction of sp³-hybridized carbons (Fsp3) is 0.526. The molecular weight excluding hydrogens is 320 g/mol. The summed E-state index contributed by atoms with van der Waals surface area (Å²) in [5.41, 5.74) is 1.36. The van der Waals surface area contributed by atoms with E-state index in [1.807, 2.05) is 30.9 Å². The zero-order valence-electron chi connectivity index (χ0n) is 14.9. The molecule has 2 amide bonds. The monoisotopic (exact) mass is 346 g/mol. The molecule has 0 saturated carbocycles. The van der Waals surface area contributed by atoms with Gasteiger partial charge >= 0.3 is 5.97 Å². The van der Waals surface area contributed by atoms with Crippen LogP contribution in [0.3, 0.4) is 0 Å². The lowest BCUT2D eigenvalue weighted by Gasteiger charge is -2.15. The van der Waals surface area contributed by atoms with Crippen molar-refractivity contribution < 1.29 is 19.1 Å². The molecule has 0 unspecified atom stereocenters. The minimum Gasteiger partial charge on any atom is -0.452 e. The first-order valence-corrected chi connectivity index (χ1v) is 8.82. The van der Waals surface area contributed by atoms with Gasteiger partial charge in [-0.25, -0.2) is 4.79 Å². The lowest BCUT2D eigenvalue weighted by molar-refractivity contribution is -0.128. The molecule has 1 aromatic rings. The van der Waals surface area contributed by atoms with Crippen molar-refractivity contribution in [3.05, 3.63) is 35.4 Å². The van der Waals surface area contributed by atoms with E-state index < -0.39 is 5.97 Å². The number of nitrogens with one attached hydrogen (secondary N) is 1. The molecule has 1 fully saturated rings. The van der Waals surface area contributed by atoms with E-state index in [4.69, 9.17) is 4.74 Å². The largest absolute Gasteiger partial charge is 0.452 e. The van der Waals surface area contributed by atoms with E-state index in [2.05, 4.69) is 5.32 Å². The lowest BCUT2D eigenvalue weighted by atomic mass is 10.1. The van der Waals surface area contributed by atoms with Crippen molar-refractivity contribution >= 4 is 17.8 Å². The molecule has 0 spiro atoms. The third-order valence-corrected chi connectivity index (χ3v) is 4.20. The minimum absolute atomic E-state index is 0.0729. The van der Waals surface area contributed by atoms with Crippen LogP contribution in [-0.2, 0) is 20.9 Å². The lowest BCUT2D eigenvalue weighted by Crippen LogP contribution is -2.35. The molecule has 0 aliphatic carbocycles. The van der Waals surface area contributed by atoms with Crippen LogP contribution in [0, 0.1) is 0 Å². The average Bonchev–Trinajstić information content (AvgIpc) is 2.98. The minimum atomic E-state index is -0.526. The molecule has 1 saturated heterocycles. The maximum Gasteiger partial charge on any atom is 0.338 e. The van der Waals surface area contributed by atoms with E-state index in [-0.39, 0.29) is 24.5 Å². The fourth-order valence-corrected chi connectivity index (χ4v) is 2.87. The predicted molar refractivity (Wildman–Crippen MR) is 93.9 cm³/mol. The highest BCUT2D eigenvalue weighted by Gasteiger charge is 2.20. The van der Waals surface area contributed by atoms with Crippen LogP contribution in [-0.4, -0.2) is 41.9 Å². The van der Waals surface area contributed by atoms with Gasteiger partial charge in [-0.3, -0.25) is 9.59 Å². The zero-order chi connectivity index (χ0) is 18.2. The van der Waals surface area contributed by atoms with Crippen LogP contribution >= 0.6 is 0 Å². The quantitative estimate of drug-likeness (QED) is 0.733. The molecule has 2 rings (SSSR count). The van der Waals surface area contributed by atoms with E-state index in [9.17, 15) is 14.4 Å². The third kappa shape index (κ3) is 5.89. The molecule has 0 bridgehead atoms. The topological polar surface area (TPSA) is 75.7 Å². The zero-order valence-corrected chi connectivity index (χ0v) is 14.9. The number of carbonyl (C=O) groups excluding carboxylic acids is 3. The van der Waals surface area contributed by atoms with Gasteiger partial charge in [0.05, 0.1) is 5.56 Å². The highest BCUT2D eigenvalue weighted by atomic mass is 16.5. The molecule has 1 N–H and O–H groups in total. The molecule has 136 valence electrons. The van der Waals surface area contributed by atoms with Crippen molar-refractivity contribution in [3.8, 4) is 0 Å². The second kappa shape index (κ2) is 9.20. The number of hydrogen-bond acceptors (Lipinski definition) is 4. The normalized spacial score (nSPS) is 15.1. The van der Waals surface area contributed by atoms with Crippen LogP contribution in [0.1, 0.15) is 55.5 Å². The Morgan fingerprint density at radius 2 is 2.00 bits per heavy atom. The smallest absolute Gasteiger partial charge is 0.338 e. The Bertz CT molecular complexity index is 612. The van der Waals surface area contributed by atoms with E-state index in [0.29, 0.717) is 18.5 Å². The van der Waals surface area contributed by atoms with Crippen LogP contribution in [0.15, 0.2) is 24.3 Å². The van der Waals surface area contributed by atoms with Crippen LogP contribution < -0.4 is 5.32 Å². The maximum atomic E-state index is 12.0. The number of nitrogens with zero attached hydrogens (tertiary/aromatic N) is 1. The SMILES string of the molecule is CCC[C@@H](C)NC(=O)COC(=O)c1ccc(CN2CCCC2=O)cc1. The highest BCUT2D eigenvalue weighted by molar-refractivity contribution is 5.91. The van der Waals surface area contributed by atoms with Gasteiger partial charge in [-0.2, -0.15) is 0 Å². The second-order valence-corrected chi connectivity index (χ2v) is 6.45. The maximum absolute atomic E-state index is 12.0. The summed E-state index contributed by atoms with van der Waals surface area (Å²) in [6.45, 7) is 5.04. The summed E-state index contributed by atoms with van der Waals surface area (Å²) < 4.78 is 5.04. The first-order valence-electron chi connectivity index (χ1n) is 8.82. The molecule has 25 heavy (non-hydrogen) atoms. The van der Waals surface area contributed by atoms with Crippen LogP contribution in [0.4, 0.5) is 0 Å². The van der Waals surface area contributed by atoms with Gasteiger partial charge in [-0.15, -0.1) is 0 Å². The van der Waals surface area contributed by atoms with Crippen LogP contribution in [0.5, 0.6) is 0 Å². The molecule has 1 aliphatic rings. The molecule has 1 aliphatic heterocycles. The van der Waals surface area contributed by atoms with Crippen molar-refractivity contribution in [3.63, 3.8) is 0 Å². The standard InChI is InChI=1S/C19H26N2O4/c1-3-5-14(2)20-17(22)13-25-19(24)16-9-7-15(8-10-16)12-21-11-4-6-18(21)23/h7-10,14H,3-6,11-13H2,1-2H3,(H,20,22)/t14-/m1/s1. The van der Waals surface area contributed by atoms with E-state index in [1.54, 1.807) is 12.1 Å². The molecule has 1 heterocycles. The van der Waals surface area contributed by atoms with E-state index in [0.717, 1.165) is 31.4 Å². The summed E-state index contributed by atoms with van der Waals surface area (Å²) in [4.78, 5) is 37.2. The molecule has 0 aromatic heterocycles. The van der Waals surface area contributed by atoms with Crippen molar-refractivity contribution in [1.29, 1.82) is 0 Å². The number of likely N-dealkylation sites (tertiary alicyclic amines) is 1. The molecule has 0 radical (unpaired) electrons. The molecule has 1 atom stereocenters. The molecule has 6 heteroatoms. The Balaban J connectivity index is 1.79. The summed E-state index contributed by atoms with van der Waals surface area (Å²) >= 11 is 0. The van der Waals surface area contributed by atoms with Gasteiger partial charge in [0.15, 0.2) is 6.61 Å². The van der Waals surface area contributed by atoms with E-state index >= 15 is 0 Å². The Labute approximate surface area is 148 Å². The van der Waals surface area contributed by atoms with Gasteiger partial charge in [0.25, 0.3) is 5.91 Å². The number of carbonyl (C=O) groups is 3. The Hall–Kier alpha value is -2.37. The third-order valence-electron chi connectivity index (χ3n) is 4.20. The van der Waals surface area contributed by atoms with E-state index in [1.165, 1.54) is 0 Å².